The van der Waals surface area contributed by atoms with E-state index in [4.69, 9.17) is 0 Å². The third-order valence-corrected chi connectivity index (χ3v) is 8.75. The van der Waals surface area contributed by atoms with Crippen LogP contribution < -0.4 is 0 Å². The number of hydrogen-bond acceptors (Lipinski definition) is 1. The van der Waals surface area contributed by atoms with Crippen LogP contribution in [0.2, 0.25) is 0 Å². The number of allylic oxidation sites excluding steroid dienone is 2. The SMILES string of the molecule is C[C@H]1C[C@@H]1/C=C\[C@H]1C[C@@H]1[C@H]1C[C@@H]1[C@H]1C[C@@H]1[C@H]1C[C@@H]1[C@H]1C[C@@H]1CO. The van der Waals surface area contributed by atoms with E-state index in [1.807, 2.05) is 0 Å². The van der Waals surface area contributed by atoms with Gasteiger partial charge < -0.3 is 5.11 Å². The van der Waals surface area contributed by atoms with Crippen molar-refractivity contribution >= 4 is 0 Å². The van der Waals surface area contributed by atoms with Crippen molar-refractivity contribution < 1.29 is 5.11 Å². The summed E-state index contributed by atoms with van der Waals surface area (Å²) in [5.41, 5.74) is 0. The summed E-state index contributed by atoms with van der Waals surface area (Å²) in [5, 5.41) is 9.26. The first-order chi connectivity index (χ1) is 11.2. The van der Waals surface area contributed by atoms with E-state index < -0.39 is 0 Å². The van der Waals surface area contributed by atoms with Gasteiger partial charge in [-0.2, -0.15) is 0 Å². The minimum atomic E-state index is 0.461. The average molecular weight is 312 g/mol. The van der Waals surface area contributed by atoms with Crippen LogP contribution in [0.5, 0.6) is 0 Å². The molecule has 6 fully saturated rings. The molecule has 0 aliphatic heterocycles. The van der Waals surface area contributed by atoms with Gasteiger partial charge in [-0.25, -0.2) is 0 Å². The van der Waals surface area contributed by atoms with Crippen molar-refractivity contribution in [3.63, 3.8) is 0 Å². The van der Waals surface area contributed by atoms with Crippen molar-refractivity contribution in [2.75, 3.05) is 6.61 Å². The highest BCUT2D eigenvalue weighted by Gasteiger charge is 2.65. The molecule has 1 nitrogen and oxygen atoms in total. The molecule has 0 aromatic heterocycles. The van der Waals surface area contributed by atoms with Crippen LogP contribution >= 0.6 is 0 Å². The highest BCUT2D eigenvalue weighted by atomic mass is 16.3. The zero-order chi connectivity index (χ0) is 15.3. The van der Waals surface area contributed by atoms with E-state index in [9.17, 15) is 5.11 Å². The normalized spacial score (nSPS) is 64.8. The van der Waals surface area contributed by atoms with E-state index >= 15 is 0 Å². The molecule has 0 unspecified atom stereocenters. The first-order valence-electron chi connectivity index (χ1n) is 10.5. The first-order valence-corrected chi connectivity index (χ1v) is 10.5. The summed E-state index contributed by atoms with van der Waals surface area (Å²) in [6, 6.07) is 0. The molecule has 0 heterocycles. The summed E-state index contributed by atoms with van der Waals surface area (Å²) < 4.78 is 0. The van der Waals surface area contributed by atoms with Crippen LogP contribution in [0.15, 0.2) is 12.2 Å². The van der Waals surface area contributed by atoms with E-state index in [1.54, 1.807) is 12.8 Å². The van der Waals surface area contributed by atoms with Gasteiger partial charge >= 0.3 is 0 Å². The third kappa shape index (κ3) is 2.44. The lowest BCUT2D eigenvalue weighted by Crippen LogP contribution is -1.97. The van der Waals surface area contributed by atoms with Crippen LogP contribution in [0.25, 0.3) is 0 Å². The molecule has 6 rings (SSSR count). The van der Waals surface area contributed by atoms with E-state index in [0.717, 1.165) is 65.1 Å². The fourth-order valence-corrected chi connectivity index (χ4v) is 6.52. The van der Waals surface area contributed by atoms with Gasteiger partial charge in [0.2, 0.25) is 0 Å². The summed E-state index contributed by atoms with van der Waals surface area (Å²) in [7, 11) is 0. The van der Waals surface area contributed by atoms with Crippen molar-refractivity contribution in [3.8, 4) is 0 Å². The van der Waals surface area contributed by atoms with Crippen LogP contribution in [0.1, 0.15) is 45.4 Å². The maximum Gasteiger partial charge on any atom is 0.0462 e. The molecule has 0 bridgehead atoms. The Labute approximate surface area is 140 Å². The molecule has 0 spiro atoms. The predicted octanol–water partition coefficient (Wildman–Crippen LogP) is 4.37. The molecule has 12 atom stereocenters. The van der Waals surface area contributed by atoms with Gasteiger partial charge in [-0.05, 0) is 110 Å². The van der Waals surface area contributed by atoms with Crippen molar-refractivity contribution in [3.05, 3.63) is 12.2 Å². The van der Waals surface area contributed by atoms with Gasteiger partial charge in [-0.15, -0.1) is 0 Å². The molecule has 6 saturated carbocycles. The lowest BCUT2D eigenvalue weighted by atomic mass is 10.1. The largest absolute Gasteiger partial charge is 0.396 e. The van der Waals surface area contributed by atoms with Crippen LogP contribution in [-0.4, -0.2) is 11.7 Å². The zero-order valence-electron chi connectivity index (χ0n) is 14.5. The van der Waals surface area contributed by atoms with Crippen molar-refractivity contribution in [2.24, 2.45) is 71.0 Å². The van der Waals surface area contributed by atoms with Gasteiger partial charge in [-0.3, -0.25) is 0 Å². The number of aliphatic hydroxyl groups excluding tert-OH is 1. The van der Waals surface area contributed by atoms with E-state index in [1.165, 1.54) is 25.7 Å². The zero-order valence-corrected chi connectivity index (χ0v) is 14.5. The van der Waals surface area contributed by atoms with Crippen molar-refractivity contribution in [1.82, 2.24) is 0 Å². The standard InChI is InChI=1S/C22H32O/c1-11-4-12(11)2-3-13-5-15(13)17-7-19(17)21-9-22(21)20-8-18(20)16-6-14(16)10-23/h2-3,11-23H,4-10H2,1H3/b3-2-/t11-,12-,13-,14+,15-,16-,17+,18+,19-,20-,21+,22+/m0/s1. The van der Waals surface area contributed by atoms with Gasteiger partial charge in [0.05, 0.1) is 0 Å². The molecule has 1 N–H and O–H groups in total. The van der Waals surface area contributed by atoms with E-state index in [2.05, 4.69) is 19.1 Å². The molecule has 6 aliphatic carbocycles. The Hall–Kier alpha value is -0.300. The average Bonchev–Trinajstić information content (AvgIpc) is 3.32. The Morgan fingerprint density at radius 2 is 1.17 bits per heavy atom. The van der Waals surface area contributed by atoms with Gasteiger partial charge in [0.25, 0.3) is 0 Å². The molecule has 6 aliphatic rings. The molecule has 0 aromatic rings. The molecule has 1 heteroatoms. The highest BCUT2D eigenvalue weighted by Crippen LogP contribution is 2.72. The molecule has 126 valence electrons. The quantitative estimate of drug-likeness (QED) is 0.692. The van der Waals surface area contributed by atoms with Gasteiger partial charge in [-0.1, -0.05) is 19.1 Å². The molecule has 0 radical (unpaired) electrons. The smallest absolute Gasteiger partial charge is 0.0462 e. The lowest BCUT2D eigenvalue weighted by molar-refractivity contribution is 0.264. The summed E-state index contributed by atoms with van der Waals surface area (Å²) in [6.45, 7) is 2.85. The van der Waals surface area contributed by atoms with Crippen LogP contribution in [0, 0.1) is 71.0 Å². The number of rotatable bonds is 7. The molecular formula is C22H32O. The monoisotopic (exact) mass is 312 g/mol. The number of aliphatic hydroxyl groups is 1. The fourth-order valence-electron chi connectivity index (χ4n) is 6.52. The molecule has 23 heavy (non-hydrogen) atoms. The Balaban J connectivity index is 0.959. The van der Waals surface area contributed by atoms with E-state index in [0.29, 0.717) is 12.5 Å². The molecule has 0 aromatic carbocycles. The van der Waals surface area contributed by atoms with Crippen LogP contribution in [-0.2, 0) is 0 Å². The summed E-state index contributed by atoms with van der Waals surface area (Å²) in [4.78, 5) is 0. The number of hydrogen-bond donors (Lipinski definition) is 1. The molecule has 0 saturated heterocycles. The maximum absolute atomic E-state index is 9.26. The second-order valence-electron chi connectivity index (χ2n) is 10.4. The van der Waals surface area contributed by atoms with E-state index in [-0.39, 0.29) is 0 Å². The molecule has 0 amide bonds. The predicted molar refractivity (Wildman–Crippen MR) is 91.5 cm³/mol. The fraction of sp³-hybridized carbons (Fsp3) is 0.909. The Bertz CT molecular complexity index is 538. The second kappa shape index (κ2) is 4.65. The Morgan fingerprint density at radius 3 is 1.70 bits per heavy atom. The Kier molecular flexibility index (Phi) is 2.82. The van der Waals surface area contributed by atoms with Crippen molar-refractivity contribution in [2.45, 2.75) is 45.4 Å². The summed E-state index contributed by atoms with van der Waals surface area (Å²) in [6.07, 6.45) is 14.1. The minimum absolute atomic E-state index is 0.461. The van der Waals surface area contributed by atoms with Crippen LogP contribution in [0.4, 0.5) is 0 Å². The summed E-state index contributed by atoms with van der Waals surface area (Å²) in [5.74, 6) is 12.3. The first kappa shape index (κ1) is 13.9. The molecular weight excluding hydrogens is 280 g/mol. The topological polar surface area (TPSA) is 20.2 Å². The van der Waals surface area contributed by atoms with Crippen molar-refractivity contribution in [1.29, 1.82) is 0 Å². The van der Waals surface area contributed by atoms with Gasteiger partial charge in [0.1, 0.15) is 0 Å². The summed E-state index contributed by atoms with van der Waals surface area (Å²) >= 11 is 0. The lowest BCUT2D eigenvalue weighted by Gasteiger charge is -2.00. The Morgan fingerprint density at radius 1 is 0.652 bits per heavy atom. The minimum Gasteiger partial charge on any atom is -0.396 e. The second-order valence-corrected chi connectivity index (χ2v) is 10.4. The van der Waals surface area contributed by atoms with Gasteiger partial charge in [0.15, 0.2) is 0 Å². The van der Waals surface area contributed by atoms with Crippen LogP contribution in [0.3, 0.4) is 0 Å². The maximum atomic E-state index is 9.26. The highest BCUT2D eigenvalue weighted by molar-refractivity contribution is 5.17. The third-order valence-electron chi connectivity index (χ3n) is 8.75. The van der Waals surface area contributed by atoms with Gasteiger partial charge in [0, 0.05) is 6.61 Å².